The second-order valence-corrected chi connectivity index (χ2v) is 15.1. The van der Waals surface area contributed by atoms with Crippen LogP contribution in [0.2, 0.25) is 0 Å². The van der Waals surface area contributed by atoms with Crippen molar-refractivity contribution in [1.29, 1.82) is 0 Å². The number of furan rings is 1. The molecular formula is C52H30N4O. The van der Waals surface area contributed by atoms with E-state index in [1.54, 1.807) is 0 Å². The van der Waals surface area contributed by atoms with E-state index >= 15 is 0 Å². The zero-order valence-corrected chi connectivity index (χ0v) is 30.5. The van der Waals surface area contributed by atoms with Crippen LogP contribution in [0.5, 0.6) is 0 Å². The Balaban J connectivity index is 1.07. The summed E-state index contributed by atoms with van der Waals surface area (Å²) in [5.74, 6) is 1.78. The first-order chi connectivity index (χ1) is 28.3. The van der Waals surface area contributed by atoms with Gasteiger partial charge >= 0.3 is 0 Å². The van der Waals surface area contributed by atoms with Gasteiger partial charge in [-0.25, -0.2) is 4.98 Å². The normalized spacial score (nSPS) is 13.4. The number of fused-ring (bicyclic) bond motifs is 17. The van der Waals surface area contributed by atoms with Crippen molar-refractivity contribution in [2.45, 2.75) is 5.41 Å². The predicted molar refractivity (Wildman–Crippen MR) is 229 cm³/mol. The SMILES string of the molecule is c1ccc(-c2nc(-c3ccc4c(c3)-c3ccccc3C43c4ccccc4-c4ccccc43)nc(-n3c4ccccc4c4c5oc6ccccc6c5ccc43)n2)cc1. The van der Waals surface area contributed by atoms with Gasteiger partial charge in [-0.05, 0) is 74.8 Å². The molecule has 0 bridgehead atoms. The van der Waals surface area contributed by atoms with Crippen molar-refractivity contribution in [3.8, 4) is 51.0 Å². The molecule has 0 saturated carbocycles. The fourth-order valence-corrected chi connectivity index (χ4v) is 10.00. The lowest BCUT2D eigenvalue weighted by Crippen LogP contribution is -2.25. The van der Waals surface area contributed by atoms with Crippen LogP contribution in [-0.2, 0) is 5.41 Å². The van der Waals surface area contributed by atoms with Crippen molar-refractivity contribution in [3.63, 3.8) is 0 Å². The molecule has 11 aromatic rings. The van der Waals surface area contributed by atoms with Crippen LogP contribution >= 0.6 is 0 Å². The Hall–Kier alpha value is -7.63. The monoisotopic (exact) mass is 726 g/mol. The van der Waals surface area contributed by atoms with Gasteiger partial charge in [0, 0.05) is 27.3 Å². The van der Waals surface area contributed by atoms with E-state index < -0.39 is 5.41 Å². The van der Waals surface area contributed by atoms with Gasteiger partial charge < -0.3 is 4.42 Å². The maximum Gasteiger partial charge on any atom is 0.238 e. The summed E-state index contributed by atoms with van der Waals surface area (Å²) in [6.07, 6.45) is 0. The fraction of sp³-hybridized carbons (Fsp3) is 0.0192. The number of aromatic nitrogens is 4. The Labute approximate surface area is 327 Å². The summed E-state index contributed by atoms with van der Waals surface area (Å²) < 4.78 is 8.76. The first-order valence-electron chi connectivity index (χ1n) is 19.4. The summed E-state index contributed by atoms with van der Waals surface area (Å²) in [4.78, 5) is 15.8. The van der Waals surface area contributed by atoms with Crippen LogP contribution in [0.3, 0.4) is 0 Å². The Bertz CT molecular complexity index is 3440. The van der Waals surface area contributed by atoms with E-state index in [1.807, 2.05) is 30.3 Å². The maximum absolute atomic E-state index is 6.60. The summed E-state index contributed by atoms with van der Waals surface area (Å²) in [6.45, 7) is 0. The van der Waals surface area contributed by atoms with E-state index in [1.165, 1.54) is 44.5 Å². The number of hydrogen-bond acceptors (Lipinski definition) is 4. The van der Waals surface area contributed by atoms with E-state index in [0.717, 1.165) is 54.9 Å². The molecule has 0 aliphatic heterocycles. The quantitative estimate of drug-likeness (QED) is 0.182. The molecule has 2 aliphatic rings. The van der Waals surface area contributed by atoms with Gasteiger partial charge in [0.1, 0.15) is 11.2 Å². The van der Waals surface area contributed by atoms with Crippen molar-refractivity contribution < 1.29 is 4.42 Å². The molecule has 1 spiro atoms. The zero-order chi connectivity index (χ0) is 37.2. The molecule has 8 aromatic carbocycles. The van der Waals surface area contributed by atoms with Gasteiger partial charge in [0.15, 0.2) is 11.6 Å². The molecule has 0 radical (unpaired) electrons. The van der Waals surface area contributed by atoms with Crippen molar-refractivity contribution in [2.24, 2.45) is 0 Å². The molecular weight excluding hydrogens is 697 g/mol. The Kier molecular flexibility index (Phi) is 6.04. The van der Waals surface area contributed by atoms with Crippen LogP contribution in [0.15, 0.2) is 186 Å². The van der Waals surface area contributed by atoms with Gasteiger partial charge in [-0.3, -0.25) is 4.57 Å². The van der Waals surface area contributed by atoms with Crippen LogP contribution in [0.25, 0.3) is 94.7 Å². The highest BCUT2D eigenvalue weighted by atomic mass is 16.3. The van der Waals surface area contributed by atoms with E-state index in [0.29, 0.717) is 17.6 Å². The minimum absolute atomic E-state index is 0.415. The molecule has 2 aliphatic carbocycles. The average molecular weight is 727 g/mol. The molecule has 13 rings (SSSR count). The molecule has 264 valence electrons. The lowest BCUT2D eigenvalue weighted by Gasteiger charge is -2.30. The molecule has 0 atom stereocenters. The van der Waals surface area contributed by atoms with Gasteiger partial charge in [0.2, 0.25) is 5.95 Å². The van der Waals surface area contributed by atoms with Gasteiger partial charge in [0.25, 0.3) is 0 Å². The second-order valence-electron chi connectivity index (χ2n) is 15.1. The average Bonchev–Trinajstić information content (AvgIpc) is 4.00. The largest absolute Gasteiger partial charge is 0.455 e. The number of hydrogen-bond donors (Lipinski definition) is 0. The highest BCUT2D eigenvalue weighted by Gasteiger charge is 2.51. The zero-order valence-electron chi connectivity index (χ0n) is 30.5. The lowest BCUT2D eigenvalue weighted by atomic mass is 9.70. The maximum atomic E-state index is 6.60. The van der Waals surface area contributed by atoms with E-state index in [4.69, 9.17) is 19.4 Å². The van der Waals surface area contributed by atoms with Crippen molar-refractivity contribution in [2.75, 3.05) is 0 Å². The van der Waals surface area contributed by atoms with E-state index in [-0.39, 0.29) is 0 Å². The highest BCUT2D eigenvalue weighted by Crippen LogP contribution is 2.63. The molecule has 5 nitrogen and oxygen atoms in total. The van der Waals surface area contributed by atoms with Crippen LogP contribution in [0, 0.1) is 0 Å². The molecule has 0 amide bonds. The number of para-hydroxylation sites is 2. The summed E-state index contributed by atoms with van der Waals surface area (Å²) >= 11 is 0. The Morgan fingerprint density at radius 2 is 0.982 bits per heavy atom. The molecule has 0 fully saturated rings. The van der Waals surface area contributed by atoms with Crippen molar-refractivity contribution in [1.82, 2.24) is 19.5 Å². The summed E-state index contributed by atoms with van der Waals surface area (Å²) in [6, 6.07) is 64.7. The molecule has 3 heterocycles. The fourth-order valence-electron chi connectivity index (χ4n) is 10.00. The topological polar surface area (TPSA) is 56.7 Å². The van der Waals surface area contributed by atoms with E-state index in [9.17, 15) is 0 Å². The molecule has 0 N–H and O–H groups in total. The summed E-state index contributed by atoms with van der Waals surface area (Å²) in [7, 11) is 0. The predicted octanol–water partition coefficient (Wildman–Crippen LogP) is 12.5. The Morgan fingerprint density at radius 1 is 0.404 bits per heavy atom. The highest BCUT2D eigenvalue weighted by molar-refractivity contribution is 6.23. The van der Waals surface area contributed by atoms with Gasteiger partial charge in [-0.1, -0.05) is 152 Å². The summed E-state index contributed by atoms with van der Waals surface area (Å²) in [5, 5.41) is 4.31. The second kappa shape index (κ2) is 11.2. The third-order valence-corrected chi connectivity index (χ3v) is 12.3. The Morgan fingerprint density at radius 3 is 1.72 bits per heavy atom. The van der Waals surface area contributed by atoms with Gasteiger partial charge in [-0.15, -0.1) is 0 Å². The minimum atomic E-state index is -0.415. The van der Waals surface area contributed by atoms with Crippen LogP contribution in [0.1, 0.15) is 22.3 Å². The molecule has 3 aromatic heterocycles. The lowest BCUT2D eigenvalue weighted by molar-refractivity contribution is 0.673. The van der Waals surface area contributed by atoms with Crippen LogP contribution in [0.4, 0.5) is 0 Å². The molecule has 57 heavy (non-hydrogen) atoms. The molecule has 0 saturated heterocycles. The smallest absolute Gasteiger partial charge is 0.238 e. The number of benzene rings is 8. The number of rotatable bonds is 3. The summed E-state index contributed by atoms with van der Waals surface area (Å²) in [5.41, 5.74) is 15.4. The van der Waals surface area contributed by atoms with Crippen LogP contribution in [-0.4, -0.2) is 19.5 Å². The van der Waals surface area contributed by atoms with Gasteiger partial charge in [-0.2, -0.15) is 9.97 Å². The third-order valence-electron chi connectivity index (χ3n) is 12.3. The first-order valence-corrected chi connectivity index (χ1v) is 19.4. The van der Waals surface area contributed by atoms with Crippen LogP contribution < -0.4 is 0 Å². The van der Waals surface area contributed by atoms with Crippen molar-refractivity contribution >= 4 is 43.7 Å². The molecule has 5 heteroatoms. The van der Waals surface area contributed by atoms with Gasteiger partial charge in [0.05, 0.1) is 21.8 Å². The number of nitrogens with zero attached hydrogens (tertiary/aromatic N) is 4. The first kappa shape index (κ1) is 30.7. The third kappa shape index (κ3) is 3.99. The van der Waals surface area contributed by atoms with Crippen molar-refractivity contribution in [3.05, 3.63) is 204 Å². The van der Waals surface area contributed by atoms with E-state index in [2.05, 4.69) is 156 Å². The molecule has 0 unspecified atom stereocenters. The standard InChI is InChI=1S/C52H30N4O/c1-2-14-31(15-3-1)49-53-50(55-51(54-49)56-44-24-12-7-20-38(44)47-45(56)29-27-37-36-19-8-13-25-46(36)57-48(37)47)32-26-28-43-39(30-32)35-18-6-11-23-42(35)52(43)40-21-9-4-16-33(40)34-17-5-10-22-41(34)52/h1-30H. The minimum Gasteiger partial charge on any atom is -0.455 e.